The average molecular weight is 413 g/mol. The van der Waals surface area contributed by atoms with Crippen LogP contribution in [-0.2, 0) is 4.74 Å². The van der Waals surface area contributed by atoms with Gasteiger partial charge in [0.2, 0.25) is 0 Å². The highest BCUT2D eigenvalue weighted by molar-refractivity contribution is 5.78. The van der Waals surface area contributed by atoms with Gasteiger partial charge in [-0.05, 0) is 24.3 Å². The molecule has 0 spiro atoms. The van der Waals surface area contributed by atoms with Gasteiger partial charge >= 0.3 is 0 Å². The van der Waals surface area contributed by atoms with Gasteiger partial charge < -0.3 is 20.1 Å². The molecule has 154 valence electrons. The summed E-state index contributed by atoms with van der Waals surface area (Å²) in [4.78, 5) is 12.7. The summed E-state index contributed by atoms with van der Waals surface area (Å²) in [6.07, 6.45) is -0.0766. The fourth-order valence-electron chi connectivity index (χ4n) is 3.42. The number of ether oxygens (including phenoxy) is 1. The van der Waals surface area contributed by atoms with E-state index in [0.717, 1.165) is 0 Å². The first-order chi connectivity index (χ1) is 14.6. The summed E-state index contributed by atoms with van der Waals surface area (Å²) in [7, 11) is 0. The van der Waals surface area contributed by atoms with Crippen molar-refractivity contribution in [2.45, 2.75) is 24.5 Å². The van der Waals surface area contributed by atoms with Gasteiger partial charge in [-0.3, -0.25) is 4.57 Å². The molecule has 5 rings (SSSR count). The molecule has 11 nitrogen and oxygen atoms in total. The van der Waals surface area contributed by atoms with E-state index >= 15 is 0 Å². The van der Waals surface area contributed by atoms with Crippen LogP contribution in [0.25, 0.3) is 28.2 Å². The molecule has 3 N–H and O–H groups in total. The summed E-state index contributed by atoms with van der Waals surface area (Å²) in [5, 5.41) is 37.8. The van der Waals surface area contributed by atoms with Gasteiger partial charge in [0, 0.05) is 5.56 Å². The Labute approximate surface area is 168 Å². The molecular weight excluding hydrogens is 397 g/mol. The molecule has 1 fully saturated rings. The molecule has 0 amide bonds. The van der Waals surface area contributed by atoms with Crippen LogP contribution in [0.2, 0.25) is 0 Å². The van der Waals surface area contributed by atoms with Crippen molar-refractivity contribution in [2.24, 2.45) is 0 Å². The molecule has 12 heteroatoms. The maximum absolute atomic E-state index is 13.1. The van der Waals surface area contributed by atoms with Crippen molar-refractivity contribution < 1.29 is 24.4 Å². The van der Waals surface area contributed by atoms with Crippen molar-refractivity contribution in [3.05, 3.63) is 48.9 Å². The van der Waals surface area contributed by atoms with Crippen LogP contribution < -0.4 is 0 Å². The molecule has 4 atom stereocenters. The Kier molecular flexibility index (Phi) is 4.47. The monoisotopic (exact) mass is 413 g/mol. The van der Waals surface area contributed by atoms with Gasteiger partial charge in [-0.15, -0.1) is 5.10 Å². The maximum atomic E-state index is 13.1. The summed E-state index contributed by atoms with van der Waals surface area (Å²) < 4.78 is 21.6. The molecule has 1 aliphatic heterocycles. The Morgan fingerprint density at radius 3 is 2.60 bits per heavy atom. The van der Waals surface area contributed by atoms with Crippen molar-refractivity contribution in [1.29, 1.82) is 0 Å². The number of benzene rings is 1. The lowest BCUT2D eigenvalue weighted by atomic mass is 10.1. The van der Waals surface area contributed by atoms with E-state index in [0.29, 0.717) is 28.2 Å². The number of fused-ring (bicyclic) bond motifs is 1. The van der Waals surface area contributed by atoms with Crippen LogP contribution in [0.4, 0.5) is 4.39 Å². The molecule has 0 aliphatic carbocycles. The zero-order chi connectivity index (χ0) is 20.8. The van der Waals surface area contributed by atoms with Gasteiger partial charge in [0.15, 0.2) is 23.2 Å². The van der Waals surface area contributed by atoms with E-state index in [1.165, 1.54) is 34.0 Å². The Balaban J connectivity index is 1.53. The zero-order valence-corrected chi connectivity index (χ0v) is 15.3. The first kappa shape index (κ1) is 18.7. The molecule has 1 aromatic carbocycles. The van der Waals surface area contributed by atoms with E-state index in [1.54, 1.807) is 18.3 Å². The van der Waals surface area contributed by atoms with E-state index in [9.17, 15) is 19.7 Å². The molecule has 4 aromatic rings. The van der Waals surface area contributed by atoms with Crippen LogP contribution in [0.3, 0.4) is 0 Å². The van der Waals surface area contributed by atoms with Gasteiger partial charge in [0.1, 0.15) is 36.2 Å². The highest BCUT2D eigenvalue weighted by atomic mass is 19.1. The normalized spacial score (nSPS) is 24.0. The lowest BCUT2D eigenvalue weighted by molar-refractivity contribution is -0.0511. The first-order valence-corrected chi connectivity index (χ1v) is 9.05. The molecule has 30 heavy (non-hydrogen) atoms. The van der Waals surface area contributed by atoms with Gasteiger partial charge in [0.25, 0.3) is 0 Å². The molecule has 0 radical (unpaired) electrons. The Morgan fingerprint density at radius 1 is 1.07 bits per heavy atom. The molecule has 1 aliphatic rings. The Morgan fingerprint density at radius 2 is 1.87 bits per heavy atom. The largest absolute Gasteiger partial charge is 0.394 e. The number of hydrogen-bond acceptors (Lipinski definition) is 9. The fraction of sp³-hybridized carbons (Fsp3) is 0.278. The number of rotatable bonds is 4. The van der Waals surface area contributed by atoms with E-state index in [2.05, 4.69) is 25.3 Å². The number of aliphatic hydroxyl groups excluding tert-OH is 3. The van der Waals surface area contributed by atoms with E-state index < -0.39 is 31.1 Å². The highest BCUT2D eigenvalue weighted by Crippen LogP contribution is 2.32. The second-order valence-electron chi connectivity index (χ2n) is 6.81. The fourth-order valence-corrected chi connectivity index (χ4v) is 3.42. The van der Waals surface area contributed by atoms with Crippen LogP contribution in [-0.4, -0.2) is 74.8 Å². The van der Waals surface area contributed by atoms with Gasteiger partial charge in [0.05, 0.1) is 19.1 Å². The maximum Gasteiger partial charge on any atom is 0.186 e. The number of nitrogens with zero attached hydrogens (tertiary/aromatic N) is 7. The van der Waals surface area contributed by atoms with Crippen LogP contribution in [0.15, 0.2) is 43.1 Å². The molecule has 0 bridgehead atoms. The SMILES string of the molecule is OC[C@H]1O[C@@H](n2cnc3c(-n4cc(-c5ccc(F)cc5)nn4)ncnc32)[C@H](O)[C@@H]1O. The second-order valence-corrected chi connectivity index (χ2v) is 6.81. The first-order valence-electron chi connectivity index (χ1n) is 9.05. The number of halogens is 1. The van der Waals surface area contributed by atoms with Crippen LogP contribution in [0.5, 0.6) is 0 Å². The van der Waals surface area contributed by atoms with E-state index in [1.807, 2.05) is 0 Å². The number of imidazole rings is 1. The average Bonchev–Trinajstić information content (AvgIpc) is 3.47. The highest BCUT2D eigenvalue weighted by Gasteiger charge is 2.44. The minimum Gasteiger partial charge on any atom is -0.394 e. The van der Waals surface area contributed by atoms with Crippen molar-refractivity contribution in [1.82, 2.24) is 34.5 Å². The second kappa shape index (κ2) is 7.18. The third-order valence-corrected chi connectivity index (χ3v) is 4.98. The van der Waals surface area contributed by atoms with Crippen LogP contribution in [0, 0.1) is 5.82 Å². The van der Waals surface area contributed by atoms with Gasteiger partial charge in [-0.25, -0.2) is 19.3 Å². The molecule has 0 unspecified atom stereocenters. The van der Waals surface area contributed by atoms with Crippen LogP contribution in [0.1, 0.15) is 6.23 Å². The van der Waals surface area contributed by atoms with Crippen molar-refractivity contribution in [3.63, 3.8) is 0 Å². The smallest absolute Gasteiger partial charge is 0.186 e. The molecule has 4 heterocycles. The number of aromatic nitrogens is 7. The van der Waals surface area contributed by atoms with Crippen LogP contribution >= 0.6 is 0 Å². The summed E-state index contributed by atoms with van der Waals surface area (Å²) in [6, 6.07) is 5.85. The third-order valence-electron chi connectivity index (χ3n) is 4.98. The van der Waals surface area contributed by atoms with Crippen molar-refractivity contribution >= 4 is 11.2 Å². The molecular formula is C18H16FN7O4. The van der Waals surface area contributed by atoms with Crippen molar-refractivity contribution in [3.8, 4) is 17.1 Å². The number of aliphatic hydroxyl groups is 3. The summed E-state index contributed by atoms with van der Waals surface area (Å²) >= 11 is 0. The minimum atomic E-state index is -1.27. The third kappa shape index (κ3) is 2.93. The lowest BCUT2D eigenvalue weighted by Crippen LogP contribution is -2.33. The predicted molar refractivity (Wildman–Crippen MR) is 98.6 cm³/mol. The van der Waals surface area contributed by atoms with Gasteiger partial charge in [-0.1, -0.05) is 5.21 Å². The standard InChI is InChI=1S/C18H16FN7O4/c19-10-3-1-9(2-4-10)11-5-26(24-23-11)17-13-16(20-7-21-17)25(8-22-13)18-15(29)14(28)12(6-27)30-18/h1-5,7-8,12,14-15,18,27-29H,6H2/t12-,14-,15-,18-/m1/s1. The molecule has 1 saturated heterocycles. The van der Waals surface area contributed by atoms with E-state index in [4.69, 9.17) is 4.74 Å². The van der Waals surface area contributed by atoms with E-state index in [-0.39, 0.29) is 5.82 Å². The lowest BCUT2D eigenvalue weighted by Gasteiger charge is -2.16. The van der Waals surface area contributed by atoms with Gasteiger partial charge in [-0.2, -0.15) is 4.68 Å². The zero-order valence-electron chi connectivity index (χ0n) is 15.3. The Bertz CT molecular complexity index is 1190. The quantitative estimate of drug-likeness (QED) is 0.415. The molecule has 0 saturated carbocycles. The minimum absolute atomic E-state index is 0.339. The Hall–Kier alpha value is -3.32. The summed E-state index contributed by atoms with van der Waals surface area (Å²) in [5.41, 5.74) is 1.91. The van der Waals surface area contributed by atoms with Crippen molar-refractivity contribution in [2.75, 3.05) is 6.61 Å². The summed E-state index contributed by atoms with van der Waals surface area (Å²) in [5.74, 6) is -0.00887. The predicted octanol–water partition coefficient (Wildman–Crippen LogP) is -0.175. The summed E-state index contributed by atoms with van der Waals surface area (Å²) in [6.45, 7) is -0.438. The number of hydrogen-bond donors (Lipinski definition) is 3. The molecule has 3 aromatic heterocycles. The topological polar surface area (TPSA) is 144 Å².